The molecule has 0 radical (unpaired) electrons. The summed E-state index contributed by atoms with van der Waals surface area (Å²) >= 11 is 5.91. The molecule has 0 aromatic heterocycles. The Kier molecular flexibility index (Phi) is 3.73. The summed E-state index contributed by atoms with van der Waals surface area (Å²) in [5.74, 6) is -0.109. The molecule has 4 rings (SSSR count). The van der Waals surface area contributed by atoms with Crippen LogP contribution in [0.2, 0.25) is 5.02 Å². The molecule has 0 unspecified atom stereocenters. The Balaban J connectivity index is 0.00000156. The van der Waals surface area contributed by atoms with Gasteiger partial charge < -0.3 is 10.8 Å². The van der Waals surface area contributed by atoms with Crippen LogP contribution in [0.1, 0.15) is 6.92 Å². The smallest absolute Gasteiger partial charge is 0.294 e. The number of halogens is 1. The summed E-state index contributed by atoms with van der Waals surface area (Å²) in [6.07, 6.45) is 0. The summed E-state index contributed by atoms with van der Waals surface area (Å²) in [6, 6.07) is 15.0. The van der Waals surface area contributed by atoms with Gasteiger partial charge in [-0.25, -0.2) is 10.0 Å². The lowest BCUT2D eigenvalue weighted by Crippen LogP contribution is -2.41. The molecule has 23 heavy (non-hydrogen) atoms. The van der Waals surface area contributed by atoms with Crippen LogP contribution in [0.3, 0.4) is 0 Å². The second-order valence-corrected chi connectivity index (χ2v) is 5.60. The first-order valence-corrected chi connectivity index (χ1v) is 7.26. The number of carbonyl (C=O) groups is 1. The van der Waals surface area contributed by atoms with Crippen molar-refractivity contribution >= 4 is 34.6 Å². The summed E-state index contributed by atoms with van der Waals surface area (Å²) in [4.78, 5) is 12.7. The van der Waals surface area contributed by atoms with Gasteiger partial charge in [-0.2, -0.15) is 0 Å². The zero-order chi connectivity index (χ0) is 15.3. The van der Waals surface area contributed by atoms with Gasteiger partial charge in [0.05, 0.1) is 17.1 Å². The monoisotopic (exact) mass is 330 g/mol. The fourth-order valence-corrected chi connectivity index (χ4v) is 2.83. The minimum atomic E-state index is -0.109. The lowest BCUT2D eigenvalue weighted by atomic mass is 10.1. The van der Waals surface area contributed by atoms with Crippen molar-refractivity contribution in [3.63, 3.8) is 0 Å². The van der Waals surface area contributed by atoms with Crippen LogP contribution in [0, 0.1) is 0 Å². The Morgan fingerprint density at radius 2 is 1.70 bits per heavy atom. The lowest BCUT2D eigenvalue weighted by molar-refractivity contribution is -0.114. The number of hydrazine groups is 2. The van der Waals surface area contributed by atoms with Crippen molar-refractivity contribution in [3.8, 4) is 0 Å². The highest BCUT2D eigenvalue weighted by atomic mass is 35.5. The third-order valence-electron chi connectivity index (χ3n) is 3.74. The van der Waals surface area contributed by atoms with E-state index in [1.165, 1.54) is 5.01 Å². The summed E-state index contributed by atoms with van der Waals surface area (Å²) in [7, 11) is 0. The van der Waals surface area contributed by atoms with E-state index in [1.807, 2.05) is 31.2 Å². The number of benzene rings is 2. The number of hydrogen-bond acceptors (Lipinski definition) is 4. The first-order chi connectivity index (χ1) is 10.6. The molecule has 0 aliphatic carbocycles. The van der Waals surface area contributed by atoms with Crippen molar-refractivity contribution in [2.75, 3.05) is 15.3 Å². The summed E-state index contributed by atoms with van der Waals surface area (Å²) in [6.45, 7) is 1.89. The minimum Gasteiger partial charge on any atom is -0.412 e. The molecule has 2 aliphatic heterocycles. The van der Waals surface area contributed by atoms with Crippen LogP contribution in [0.15, 0.2) is 59.9 Å². The van der Waals surface area contributed by atoms with Gasteiger partial charge in [0.2, 0.25) is 0 Å². The third-order valence-corrected chi connectivity index (χ3v) is 3.99. The van der Waals surface area contributed by atoms with Crippen LogP contribution in [-0.4, -0.2) is 11.4 Å². The first-order valence-electron chi connectivity index (χ1n) is 6.88. The molecule has 1 fully saturated rings. The lowest BCUT2D eigenvalue weighted by Gasteiger charge is -2.28. The zero-order valence-corrected chi connectivity index (χ0v) is 13.1. The van der Waals surface area contributed by atoms with E-state index >= 15 is 0 Å². The third kappa shape index (κ3) is 2.33. The number of carbonyl (C=O) groups excluding carboxylic acids is 1. The zero-order valence-electron chi connectivity index (χ0n) is 12.3. The number of anilines is 3. The molecule has 0 bridgehead atoms. The number of rotatable bonds is 1. The molecule has 2 aromatic carbocycles. The highest BCUT2D eigenvalue weighted by Crippen LogP contribution is 2.37. The fraction of sp³-hybridized carbons (Fsp3) is 0.0625. The largest absolute Gasteiger partial charge is 0.412 e. The van der Waals surface area contributed by atoms with E-state index in [2.05, 4.69) is 10.9 Å². The van der Waals surface area contributed by atoms with Crippen LogP contribution in [0.25, 0.3) is 0 Å². The molecule has 118 valence electrons. The van der Waals surface area contributed by atoms with Crippen LogP contribution in [0.5, 0.6) is 0 Å². The molecule has 4 N–H and O–H groups in total. The number of hydrogen-bond donors (Lipinski definition) is 2. The molecule has 1 saturated heterocycles. The van der Waals surface area contributed by atoms with E-state index in [0.29, 0.717) is 10.7 Å². The SMILES string of the molecule is CC1=C2C(=O)N(c3ccc(Cl)cc3)NN2c2ccccc2N1.O. The number of amides is 1. The molecule has 7 heteroatoms. The number of para-hydroxylation sites is 2. The van der Waals surface area contributed by atoms with Crippen LogP contribution in [0.4, 0.5) is 17.1 Å². The van der Waals surface area contributed by atoms with Crippen LogP contribution < -0.4 is 20.9 Å². The van der Waals surface area contributed by atoms with Crippen molar-refractivity contribution in [3.05, 3.63) is 64.9 Å². The van der Waals surface area contributed by atoms with Gasteiger partial charge in [0, 0.05) is 10.7 Å². The normalized spacial score (nSPS) is 15.8. The molecule has 1 amide bonds. The van der Waals surface area contributed by atoms with Crippen LogP contribution >= 0.6 is 11.6 Å². The molecule has 0 atom stereocenters. The van der Waals surface area contributed by atoms with Gasteiger partial charge in [0.25, 0.3) is 5.91 Å². The first kappa shape index (κ1) is 15.4. The van der Waals surface area contributed by atoms with Gasteiger partial charge in [-0.05, 0) is 43.3 Å². The Morgan fingerprint density at radius 1 is 1.00 bits per heavy atom. The summed E-state index contributed by atoms with van der Waals surface area (Å²) < 4.78 is 0. The number of nitrogens with one attached hydrogen (secondary N) is 2. The summed E-state index contributed by atoms with van der Waals surface area (Å²) in [5, 5.41) is 7.22. The molecule has 0 saturated carbocycles. The van der Waals surface area contributed by atoms with E-state index in [9.17, 15) is 4.79 Å². The van der Waals surface area contributed by atoms with Crippen molar-refractivity contribution < 1.29 is 10.3 Å². The van der Waals surface area contributed by atoms with Crippen molar-refractivity contribution in [2.45, 2.75) is 6.92 Å². The molecule has 2 aliphatic rings. The number of nitrogens with zero attached hydrogens (tertiary/aromatic N) is 2. The van der Waals surface area contributed by atoms with Gasteiger partial charge in [0.15, 0.2) is 0 Å². The molecule has 0 spiro atoms. The molecular formula is C16H15ClN4O2. The highest BCUT2D eigenvalue weighted by Gasteiger charge is 2.39. The average molecular weight is 331 g/mol. The van der Waals surface area contributed by atoms with E-state index in [4.69, 9.17) is 11.6 Å². The quantitative estimate of drug-likeness (QED) is 0.841. The van der Waals surface area contributed by atoms with Crippen molar-refractivity contribution in [1.82, 2.24) is 5.53 Å². The van der Waals surface area contributed by atoms with Gasteiger partial charge in [-0.15, -0.1) is 5.53 Å². The fourth-order valence-electron chi connectivity index (χ4n) is 2.70. The average Bonchev–Trinajstić information content (AvgIpc) is 2.87. The van der Waals surface area contributed by atoms with Crippen LogP contribution in [-0.2, 0) is 4.79 Å². The van der Waals surface area contributed by atoms with Crippen molar-refractivity contribution in [1.29, 1.82) is 0 Å². The highest BCUT2D eigenvalue weighted by molar-refractivity contribution is 6.30. The maximum absolute atomic E-state index is 12.7. The maximum Gasteiger partial charge on any atom is 0.294 e. The molecule has 2 aromatic rings. The number of allylic oxidation sites excluding steroid dienone is 1. The van der Waals surface area contributed by atoms with Gasteiger partial charge in [-0.3, -0.25) is 4.79 Å². The molecule has 6 nitrogen and oxygen atoms in total. The van der Waals surface area contributed by atoms with Gasteiger partial charge >= 0.3 is 0 Å². The van der Waals surface area contributed by atoms with E-state index in [0.717, 1.165) is 22.8 Å². The Labute approximate surface area is 138 Å². The van der Waals surface area contributed by atoms with E-state index in [-0.39, 0.29) is 11.4 Å². The predicted octanol–water partition coefficient (Wildman–Crippen LogP) is 2.45. The second-order valence-electron chi connectivity index (χ2n) is 5.17. The van der Waals surface area contributed by atoms with E-state index < -0.39 is 0 Å². The Bertz CT molecular complexity index is 804. The Hall–Kier alpha value is -2.54. The minimum absolute atomic E-state index is 0. The van der Waals surface area contributed by atoms with Gasteiger partial charge in [0.1, 0.15) is 5.70 Å². The van der Waals surface area contributed by atoms with E-state index in [1.54, 1.807) is 29.3 Å². The van der Waals surface area contributed by atoms with Crippen molar-refractivity contribution in [2.24, 2.45) is 0 Å². The number of fused-ring (bicyclic) bond motifs is 3. The molecule has 2 heterocycles. The molecular weight excluding hydrogens is 316 g/mol. The topological polar surface area (TPSA) is 79.1 Å². The second kappa shape index (κ2) is 5.58. The summed E-state index contributed by atoms with van der Waals surface area (Å²) in [5.41, 5.74) is 7.15. The maximum atomic E-state index is 12.7. The predicted molar refractivity (Wildman–Crippen MR) is 90.9 cm³/mol. The van der Waals surface area contributed by atoms with Gasteiger partial charge in [-0.1, -0.05) is 23.7 Å². The standard InChI is InChI=1S/C16H13ClN4O.H2O/c1-10-15-16(22)20(12-8-6-11(17)7-9-12)19-21(15)14-5-3-2-4-13(14)18-10;/h2-9,18-19H,1H3;1H2. The Morgan fingerprint density at radius 3 is 2.43 bits per heavy atom.